The zero-order valence-corrected chi connectivity index (χ0v) is 25.8. The number of rotatable bonds is 13. The second-order valence-corrected chi connectivity index (χ2v) is 12.6. The van der Waals surface area contributed by atoms with Gasteiger partial charge in [0.25, 0.3) is 0 Å². The number of amides is 1. The number of carbonyl (C=O) groups excluding carboxylic acids is 1. The molecule has 0 bridgehead atoms. The van der Waals surface area contributed by atoms with E-state index in [1.54, 1.807) is 6.92 Å². The van der Waals surface area contributed by atoms with Gasteiger partial charge in [0.15, 0.2) is 9.84 Å². The molecule has 12 heteroatoms. The highest BCUT2D eigenvalue weighted by Gasteiger charge is 2.28. The number of sulfone groups is 1. The Hall–Kier alpha value is -4.84. The van der Waals surface area contributed by atoms with E-state index in [2.05, 4.69) is 15.4 Å². The molecule has 0 radical (unpaired) electrons. The van der Waals surface area contributed by atoms with Crippen LogP contribution in [-0.4, -0.2) is 73.6 Å². The van der Waals surface area contributed by atoms with Crippen LogP contribution in [0, 0.1) is 0 Å². The molecule has 0 aliphatic heterocycles. The summed E-state index contributed by atoms with van der Waals surface area (Å²) >= 11 is 0. The summed E-state index contributed by atoms with van der Waals surface area (Å²) in [6.07, 6.45) is 1.92. The highest BCUT2D eigenvalue weighted by atomic mass is 32.2. The van der Waals surface area contributed by atoms with Crippen molar-refractivity contribution in [3.05, 3.63) is 97.0 Å². The first kappa shape index (κ1) is 30.6. The second kappa shape index (κ2) is 13.6. The maximum absolute atomic E-state index is 13.9. The molecule has 0 N–H and O–H groups in total. The predicted octanol–water partition coefficient (Wildman–Crippen LogP) is 4.62. The number of benzene rings is 3. The first-order valence-corrected chi connectivity index (χ1v) is 16.3. The van der Waals surface area contributed by atoms with Gasteiger partial charge in [-0.05, 0) is 43.3 Å². The summed E-state index contributed by atoms with van der Waals surface area (Å²) in [4.78, 5) is 21.6. The van der Waals surface area contributed by atoms with E-state index in [-0.39, 0.29) is 30.5 Å². The van der Waals surface area contributed by atoms with Gasteiger partial charge in [-0.2, -0.15) is 4.80 Å². The molecule has 2 aromatic heterocycles. The van der Waals surface area contributed by atoms with Crippen LogP contribution in [0.1, 0.15) is 32.6 Å². The normalized spacial score (nSPS) is 12.2. The quantitative estimate of drug-likeness (QED) is 0.188. The van der Waals surface area contributed by atoms with Crippen LogP contribution in [0.25, 0.3) is 28.3 Å². The van der Waals surface area contributed by atoms with Crippen LogP contribution >= 0.6 is 0 Å². The largest absolute Gasteiger partial charge is 0.494 e. The van der Waals surface area contributed by atoms with Crippen LogP contribution < -0.4 is 4.74 Å². The molecule has 1 amide bonds. The van der Waals surface area contributed by atoms with Gasteiger partial charge in [-0.3, -0.25) is 4.79 Å². The van der Waals surface area contributed by atoms with E-state index in [0.717, 1.165) is 28.3 Å². The SMILES string of the molecule is CCOc1ccc(-n2cc(-c3ccccc3)nc2[C@@H](C)N(CCS(=O)(=O)CC)C(=O)Cn2nnc(-c3ccccc3)n2)cc1. The van der Waals surface area contributed by atoms with E-state index >= 15 is 0 Å². The summed E-state index contributed by atoms with van der Waals surface area (Å²) in [6.45, 7) is 5.69. The molecular formula is C32H35N7O4S. The summed E-state index contributed by atoms with van der Waals surface area (Å²) < 4.78 is 32.7. The number of imidazole rings is 1. The Bertz CT molecular complexity index is 1790. The average Bonchev–Trinajstić information content (AvgIpc) is 3.70. The molecule has 0 aliphatic rings. The van der Waals surface area contributed by atoms with Crippen LogP contribution in [0.3, 0.4) is 0 Å². The van der Waals surface area contributed by atoms with Gasteiger partial charge in [0.2, 0.25) is 11.7 Å². The standard InChI is InChI=1S/C32H35N7O4S/c1-4-43-28-18-16-27(17-19-28)38-22-29(25-12-8-6-9-13-25)33-32(38)24(3)37(20-21-44(41,42)5-2)30(40)23-39-35-31(34-36-39)26-14-10-7-11-15-26/h6-19,22,24H,4-5,20-21,23H2,1-3H3/t24-/m1/s1. The van der Waals surface area contributed by atoms with Gasteiger partial charge in [-0.25, -0.2) is 13.4 Å². The third-order valence-corrected chi connectivity index (χ3v) is 8.92. The Morgan fingerprint density at radius 2 is 1.59 bits per heavy atom. The van der Waals surface area contributed by atoms with Crippen molar-refractivity contribution < 1.29 is 17.9 Å². The smallest absolute Gasteiger partial charge is 0.246 e. The predicted molar refractivity (Wildman–Crippen MR) is 168 cm³/mol. The molecule has 11 nitrogen and oxygen atoms in total. The molecule has 1 atom stereocenters. The van der Waals surface area contributed by atoms with Crippen molar-refractivity contribution in [3.63, 3.8) is 0 Å². The number of tetrazole rings is 1. The molecule has 5 rings (SSSR count). The molecule has 0 unspecified atom stereocenters. The molecular weight excluding hydrogens is 578 g/mol. The minimum absolute atomic E-state index is 0.0204. The van der Waals surface area contributed by atoms with Crippen molar-refractivity contribution >= 4 is 15.7 Å². The first-order chi connectivity index (χ1) is 21.3. The lowest BCUT2D eigenvalue weighted by Gasteiger charge is -2.29. The van der Waals surface area contributed by atoms with Crippen molar-refractivity contribution in [2.75, 3.05) is 24.7 Å². The summed E-state index contributed by atoms with van der Waals surface area (Å²) in [5.41, 5.74) is 3.23. The minimum atomic E-state index is -3.36. The average molecular weight is 614 g/mol. The molecule has 0 saturated heterocycles. The maximum atomic E-state index is 13.9. The van der Waals surface area contributed by atoms with Gasteiger partial charge in [-0.1, -0.05) is 67.6 Å². The molecule has 0 spiro atoms. The van der Waals surface area contributed by atoms with Crippen LogP contribution in [0.2, 0.25) is 0 Å². The Kier molecular flexibility index (Phi) is 9.49. The molecule has 3 aromatic carbocycles. The zero-order valence-electron chi connectivity index (χ0n) is 24.9. The molecule has 44 heavy (non-hydrogen) atoms. The van der Waals surface area contributed by atoms with Crippen molar-refractivity contribution in [3.8, 4) is 34.1 Å². The topological polar surface area (TPSA) is 125 Å². The van der Waals surface area contributed by atoms with E-state index in [1.807, 2.05) is 110 Å². The lowest BCUT2D eigenvalue weighted by atomic mass is 10.2. The van der Waals surface area contributed by atoms with E-state index in [1.165, 1.54) is 9.70 Å². The van der Waals surface area contributed by atoms with Crippen LogP contribution in [-0.2, 0) is 21.2 Å². The van der Waals surface area contributed by atoms with Gasteiger partial charge in [-0.15, -0.1) is 10.2 Å². The Morgan fingerprint density at radius 3 is 2.23 bits per heavy atom. The summed E-state index contributed by atoms with van der Waals surface area (Å²) in [5.74, 6) is 1.15. The van der Waals surface area contributed by atoms with E-state index in [0.29, 0.717) is 18.3 Å². The van der Waals surface area contributed by atoms with E-state index in [4.69, 9.17) is 9.72 Å². The number of aromatic nitrogens is 6. The van der Waals surface area contributed by atoms with E-state index in [9.17, 15) is 13.2 Å². The second-order valence-electron chi connectivity index (χ2n) is 10.2. The third kappa shape index (κ3) is 7.20. The number of nitrogens with zero attached hydrogens (tertiary/aromatic N) is 7. The molecule has 0 aliphatic carbocycles. The summed E-state index contributed by atoms with van der Waals surface area (Å²) in [7, 11) is -3.36. The number of hydrogen-bond acceptors (Lipinski definition) is 8. The van der Waals surface area contributed by atoms with Gasteiger partial charge >= 0.3 is 0 Å². The van der Waals surface area contributed by atoms with Gasteiger partial charge in [0, 0.05) is 35.3 Å². The third-order valence-electron chi connectivity index (χ3n) is 7.23. The Labute approximate surface area is 257 Å². The van der Waals surface area contributed by atoms with E-state index < -0.39 is 15.9 Å². The first-order valence-electron chi connectivity index (χ1n) is 14.5. The fourth-order valence-corrected chi connectivity index (χ4v) is 5.56. The Balaban J connectivity index is 1.50. The number of hydrogen-bond donors (Lipinski definition) is 0. The highest BCUT2D eigenvalue weighted by molar-refractivity contribution is 7.91. The maximum Gasteiger partial charge on any atom is 0.246 e. The van der Waals surface area contributed by atoms with Gasteiger partial charge < -0.3 is 14.2 Å². The molecule has 5 aromatic rings. The van der Waals surface area contributed by atoms with Crippen LogP contribution in [0.4, 0.5) is 0 Å². The minimum Gasteiger partial charge on any atom is -0.494 e. The zero-order chi connectivity index (χ0) is 31.1. The van der Waals surface area contributed by atoms with Crippen molar-refractivity contribution in [1.29, 1.82) is 0 Å². The fourth-order valence-electron chi connectivity index (χ4n) is 4.79. The van der Waals surface area contributed by atoms with Crippen molar-refractivity contribution in [2.24, 2.45) is 0 Å². The van der Waals surface area contributed by atoms with Crippen molar-refractivity contribution in [2.45, 2.75) is 33.4 Å². The van der Waals surface area contributed by atoms with Gasteiger partial charge in [0.05, 0.1) is 24.1 Å². The van der Waals surface area contributed by atoms with Crippen molar-refractivity contribution in [1.82, 2.24) is 34.7 Å². The molecule has 0 fully saturated rings. The summed E-state index contributed by atoms with van der Waals surface area (Å²) in [5, 5.41) is 12.6. The Morgan fingerprint density at radius 1 is 0.932 bits per heavy atom. The fraction of sp³-hybridized carbons (Fsp3) is 0.281. The molecule has 228 valence electrons. The highest BCUT2D eigenvalue weighted by Crippen LogP contribution is 2.29. The summed E-state index contributed by atoms with van der Waals surface area (Å²) in [6, 6.07) is 26.1. The molecule has 2 heterocycles. The van der Waals surface area contributed by atoms with Gasteiger partial charge in [0.1, 0.15) is 18.1 Å². The lowest BCUT2D eigenvalue weighted by molar-refractivity contribution is -0.134. The molecule has 0 saturated carbocycles. The van der Waals surface area contributed by atoms with Crippen LogP contribution in [0.5, 0.6) is 5.75 Å². The van der Waals surface area contributed by atoms with Crippen LogP contribution in [0.15, 0.2) is 91.1 Å². The lowest BCUT2D eigenvalue weighted by Crippen LogP contribution is -2.40. The number of carbonyl (C=O) groups is 1. The monoisotopic (exact) mass is 613 g/mol. The number of ether oxygens (including phenoxy) is 1.